The first-order valence-corrected chi connectivity index (χ1v) is 13.7. The lowest BCUT2D eigenvalue weighted by molar-refractivity contribution is 0.155. The smallest absolute Gasteiger partial charge is 0.200 e. The molecule has 2 aliphatic carbocycles. The highest BCUT2D eigenvalue weighted by Gasteiger charge is 2.32. The van der Waals surface area contributed by atoms with Gasteiger partial charge in [-0.25, -0.2) is 4.39 Å². The molecule has 1 aromatic carbocycles. The molecule has 0 spiro atoms. The lowest BCUT2D eigenvalue weighted by atomic mass is 9.68. The van der Waals surface area contributed by atoms with E-state index in [0.29, 0.717) is 12.2 Å². The first-order chi connectivity index (χ1) is 15.6. The summed E-state index contributed by atoms with van der Waals surface area (Å²) in [6, 6.07) is 3.44. The van der Waals surface area contributed by atoms with Crippen molar-refractivity contribution in [2.24, 2.45) is 17.8 Å². The van der Waals surface area contributed by atoms with Gasteiger partial charge >= 0.3 is 0 Å². The largest absolute Gasteiger partial charge is 0.490 e. The van der Waals surface area contributed by atoms with Crippen molar-refractivity contribution in [1.29, 1.82) is 0 Å². The highest BCUT2D eigenvalue weighted by molar-refractivity contribution is 5.33. The average Bonchev–Trinajstić information content (AvgIpc) is 2.83. The standard InChI is InChI=1S/C29H46F2O/c1-3-5-7-8-9-21-32-27-20-19-26(28(30)29(27)31)25-17-15-24(16-18-25)23-13-11-22(12-14-23)10-6-4-2/h19-20,22-25H,3-18,21H2,1-2H3. The van der Waals surface area contributed by atoms with Crippen LogP contribution in [-0.2, 0) is 0 Å². The van der Waals surface area contributed by atoms with Crippen molar-refractivity contribution in [1.82, 2.24) is 0 Å². The minimum atomic E-state index is -0.788. The summed E-state index contributed by atoms with van der Waals surface area (Å²) in [6.07, 6.45) is 19.6. The molecule has 3 rings (SSSR count). The summed E-state index contributed by atoms with van der Waals surface area (Å²) >= 11 is 0. The minimum absolute atomic E-state index is 0.0789. The van der Waals surface area contributed by atoms with E-state index in [4.69, 9.17) is 4.74 Å². The van der Waals surface area contributed by atoms with Gasteiger partial charge in [-0.2, -0.15) is 4.39 Å². The maximum atomic E-state index is 14.9. The van der Waals surface area contributed by atoms with E-state index >= 15 is 0 Å². The molecule has 0 unspecified atom stereocenters. The van der Waals surface area contributed by atoms with Gasteiger partial charge in [-0.05, 0) is 80.2 Å². The van der Waals surface area contributed by atoms with E-state index in [-0.39, 0.29) is 11.7 Å². The van der Waals surface area contributed by atoms with Gasteiger partial charge in [0, 0.05) is 0 Å². The zero-order valence-corrected chi connectivity index (χ0v) is 20.6. The number of benzene rings is 1. The van der Waals surface area contributed by atoms with Crippen LogP contribution in [-0.4, -0.2) is 6.61 Å². The van der Waals surface area contributed by atoms with Crippen molar-refractivity contribution < 1.29 is 13.5 Å². The molecule has 2 saturated carbocycles. The van der Waals surface area contributed by atoms with Crippen molar-refractivity contribution >= 4 is 0 Å². The first kappa shape index (κ1) is 25.5. The number of rotatable bonds is 12. The van der Waals surface area contributed by atoms with Crippen LogP contribution in [0.25, 0.3) is 0 Å². The number of ether oxygens (including phenoxy) is 1. The van der Waals surface area contributed by atoms with Crippen molar-refractivity contribution in [3.05, 3.63) is 29.3 Å². The molecule has 0 amide bonds. The Balaban J connectivity index is 1.44. The van der Waals surface area contributed by atoms with Gasteiger partial charge in [-0.1, -0.05) is 77.7 Å². The number of hydrogen-bond donors (Lipinski definition) is 0. The summed E-state index contributed by atoms with van der Waals surface area (Å²) in [7, 11) is 0. The van der Waals surface area contributed by atoms with E-state index in [1.165, 1.54) is 77.0 Å². The molecule has 0 bridgehead atoms. The SMILES string of the molecule is CCCCCCCOc1ccc(C2CCC(C3CCC(CCCC)CC3)CC2)c(F)c1F. The Morgan fingerprint density at radius 2 is 1.34 bits per heavy atom. The second-order valence-electron chi connectivity index (χ2n) is 10.6. The Morgan fingerprint density at radius 3 is 2.00 bits per heavy atom. The predicted molar refractivity (Wildman–Crippen MR) is 130 cm³/mol. The average molecular weight is 449 g/mol. The van der Waals surface area contributed by atoms with Crippen LogP contribution in [0.2, 0.25) is 0 Å². The zero-order chi connectivity index (χ0) is 22.8. The molecule has 2 aliphatic rings. The predicted octanol–water partition coefficient (Wildman–Crippen LogP) is 9.58. The molecule has 0 radical (unpaired) electrons. The molecule has 0 aromatic heterocycles. The van der Waals surface area contributed by atoms with Crippen LogP contribution in [0.5, 0.6) is 5.75 Å². The first-order valence-electron chi connectivity index (χ1n) is 13.7. The molecule has 0 N–H and O–H groups in total. The molecule has 0 heterocycles. The van der Waals surface area contributed by atoms with Crippen LogP contribution in [0, 0.1) is 29.4 Å². The van der Waals surface area contributed by atoms with Gasteiger partial charge in [0.15, 0.2) is 11.6 Å². The molecule has 3 heteroatoms. The Morgan fingerprint density at radius 1 is 0.719 bits per heavy atom. The summed E-state index contributed by atoms with van der Waals surface area (Å²) in [5.41, 5.74) is 0.569. The lowest BCUT2D eigenvalue weighted by Crippen LogP contribution is -2.25. The molecule has 32 heavy (non-hydrogen) atoms. The fourth-order valence-electron chi connectivity index (χ4n) is 6.20. The molecule has 1 nitrogen and oxygen atoms in total. The van der Waals surface area contributed by atoms with Crippen molar-refractivity contribution in [3.8, 4) is 5.75 Å². The number of unbranched alkanes of at least 4 members (excludes halogenated alkanes) is 5. The Bertz CT molecular complexity index is 657. The third kappa shape index (κ3) is 7.19. The van der Waals surface area contributed by atoms with Gasteiger partial charge < -0.3 is 4.74 Å². The van der Waals surface area contributed by atoms with Gasteiger partial charge in [0.25, 0.3) is 0 Å². The van der Waals surface area contributed by atoms with Crippen LogP contribution < -0.4 is 4.74 Å². The lowest BCUT2D eigenvalue weighted by Gasteiger charge is -2.38. The zero-order valence-electron chi connectivity index (χ0n) is 20.6. The summed E-state index contributed by atoms with van der Waals surface area (Å²) in [5, 5.41) is 0. The van der Waals surface area contributed by atoms with Crippen LogP contribution in [0.1, 0.15) is 128 Å². The molecule has 182 valence electrons. The molecule has 0 aliphatic heterocycles. The third-order valence-electron chi connectivity index (χ3n) is 8.32. The fourth-order valence-corrected chi connectivity index (χ4v) is 6.20. The molecule has 0 saturated heterocycles. The van der Waals surface area contributed by atoms with Gasteiger partial charge in [0.2, 0.25) is 5.82 Å². The fraction of sp³-hybridized carbons (Fsp3) is 0.793. The highest BCUT2D eigenvalue weighted by atomic mass is 19.2. The van der Waals surface area contributed by atoms with E-state index in [9.17, 15) is 8.78 Å². The Hall–Kier alpha value is -1.12. The van der Waals surface area contributed by atoms with Crippen molar-refractivity contribution in [2.75, 3.05) is 6.61 Å². The summed E-state index contributed by atoms with van der Waals surface area (Å²) in [4.78, 5) is 0. The van der Waals surface area contributed by atoms with Crippen LogP contribution >= 0.6 is 0 Å². The molecular formula is C29H46F2O. The monoisotopic (exact) mass is 448 g/mol. The Labute approximate surface area is 195 Å². The van der Waals surface area contributed by atoms with Crippen LogP contribution in [0.4, 0.5) is 8.78 Å². The van der Waals surface area contributed by atoms with E-state index in [2.05, 4.69) is 13.8 Å². The van der Waals surface area contributed by atoms with Crippen LogP contribution in [0.3, 0.4) is 0 Å². The molecule has 0 atom stereocenters. The summed E-state index contributed by atoms with van der Waals surface area (Å²) in [5.74, 6) is 1.39. The highest BCUT2D eigenvalue weighted by Crippen LogP contribution is 2.45. The second kappa shape index (κ2) is 13.6. The molecule has 2 fully saturated rings. The summed E-state index contributed by atoms with van der Waals surface area (Å²) < 4.78 is 35.1. The summed E-state index contributed by atoms with van der Waals surface area (Å²) in [6.45, 7) is 4.93. The quantitative estimate of drug-likeness (QED) is 0.289. The second-order valence-corrected chi connectivity index (χ2v) is 10.6. The van der Waals surface area contributed by atoms with Gasteiger partial charge in [-0.15, -0.1) is 0 Å². The maximum Gasteiger partial charge on any atom is 0.200 e. The topological polar surface area (TPSA) is 9.23 Å². The van der Waals surface area contributed by atoms with E-state index < -0.39 is 11.6 Å². The van der Waals surface area contributed by atoms with E-state index in [1.807, 2.05) is 0 Å². The molecular weight excluding hydrogens is 402 g/mol. The molecule has 1 aromatic rings. The Kier molecular flexibility index (Phi) is 10.8. The van der Waals surface area contributed by atoms with E-state index in [1.54, 1.807) is 12.1 Å². The third-order valence-corrected chi connectivity index (χ3v) is 8.32. The maximum absolute atomic E-state index is 14.9. The van der Waals surface area contributed by atoms with Crippen LogP contribution in [0.15, 0.2) is 12.1 Å². The van der Waals surface area contributed by atoms with E-state index in [0.717, 1.165) is 43.4 Å². The minimum Gasteiger partial charge on any atom is -0.490 e. The number of hydrogen-bond acceptors (Lipinski definition) is 1. The van der Waals surface area contributed by atoms with Gasteiger partial charge in [0.1, 0.15) is 0 Å². The van der Waals surface area contributed by atoms with Gasteiger partial charge in [0.05, 0.1) is 6.61 Å². The number of halogens is 2. The van der Waals surface area contributed by atoms with Crippen molar-refractivity contribution in [3.63, 3.8) is 0 Å². The normalized spacial score (nSPS) is 26.2. The van der Waals surface area contributed by atoms with Crippen molar-refractivity contribution in [2.45, 2.75) is 122 Å². The van der Waals surface area contributed by atoms with Gasteiger partial charge in [-0.3, -0.25) is 0 Å².